The molecule has 0 saturated heterocycles. The van der Waals surface area contributed by atoms with E-state index in [1.165, 1.54) is 13.2 Å². The second kappa shape index (κ2) is 4.28. The lowest BCUT2D eigenvalue weighted by atomic mass is 10.00. The first-order chi connectivity index (χ1) is 6.61. The molecular weight excluding hydrogens is 185 g/mol. The van der Waals surface area contributed by atoms with Crippen LogP contribution in [-0.2, 0) is 0 Å². The zero-order valence-corrected chi connectivity index (χ0v) is 8.25. The number of nitrogens with two attached hydrogens (primary N) is 1. The summed E-state index contributed by atoms with van der Waals surface area (Å²) in [6.45, 7) is 2.18. The van der Waals surface area contributed by atoms with Crippen LogP contribution in [0.1, 0.15) is 18.4 Å². The van der Waals surface area contributed by atoms with Crippen LogP contribution in [0.25, 0.3) is 0 Å². The van der Waals surface area contributed by atoms with Gasteiger partial charge in [-0.05, 0) is 18.5 Å². The van der Waals surface area contributed by atoms with Crippen molar-refractivity contribution in [3.63, 3.8) is 0 Å². The maximum Gasteiger partial charge on any atom is 0.206 e. The van der Waals surface area contributed by atoms with Gasteiger partial charge in [-0.1, -0.05) is 13.0 Å². The third kappa shape index (κ3) is 1.80. The van der Waals surface area contributed by atoms with E-state index in [4.69, 9.17) is 10.5 Å². The number of methoxy groups -OCH3 is 1. The Balaban J connectivity index is 3.17. The van der Waals surface area contributed by atoms with Gasteiger partial charge in [0.25, 0.3) is 0 Å². The van der Waals surface area contributed by atoms with Crippen LogP contribution in [0.3, 0.4) is 0 Å². The van der Waals surface area contributed by atoms with E-state index in [1.54, 1.807) is 6.07 Å². The van der Waals surface area contributed by atoms with Crippen molar-refractivity contribution in [1.29, 1.82) is 0 Å². The number of phenolic OH excluding ortho intramolecular Hbond substituents is 1. The molecule has 14 heavy (non-hydrogen) atoms. The number of halogens is 1. The highest BCUT2D eigenvalue weighted by Crippen LogP contribution is 2.33. The highest BCUT2D eigenvalue weighted by atomic mass is 19.1. The molecular formula is C10H14FNO2. The lowest BCUT2D eigenvalue weighted by Crippen LogP contribution is -2.09. The Morgan fingerprint density at radius 3 is 2.71 bits per heavy atom. The van der Waals surface area contributed by atoms with Crippen LogP contribution in [-0.4, -0.2) is 18.8 Å². The zero-order chi connectivity index (χ0) is 10.7. The number of hydrogen-bond acceptors (Lipinski definition) is 3. The van der Waals surface area contributed by atoms with Crippen LogP contribution in [0.5, 0.6) is 11.5 Å². The minimum atomic E-state index is -0.731. The molecule has 0 aliphatic carbocycles. The van der Waals surface area contributed by atoms with E-state index in [0.717, 1.165) is 0 Å². The van der Waals surface area contributed by atoms with Gasteiger partial charge in [0.2, 0.25) is 5.82 Å². The molecule has 0 heterocycles. The molecule has 78 valence electrons. The van der Waals surface area contributed by atoms with E-state index in [9.17, 15) is 9.50 Å². The van der Waals surface area contributed by atoms with Gasteiger partial charge >= 0.3 is 0 Å². The van der Waals surface area contributed by atoms with Crippen LogP contribution in [0.4, 0.5) is 4.39 Å². The van der Waals surface area contributed by atoms with Gasteiger partial charge in [-0.25, -0.2) is 0 Å². The summed E-state index contributed by atoms with van der Waals surface area (Å²) in [6.07, 6.45) is 0. The third-order valence-electron chi connectivity index (χ3n) is 2.22. The molecule has 0 amide bonds. The minimum Gasteiger partial charge on any atom is -0.505 e. The summed E-state index contributed by atoms with van der Waals surface area (Å²) in [7, 11) is 1.35. The molecule has 0 aromatic heterocycles. The fourth-order valence-electron chi connectivity index (χ4n) is 1.24. The third-order valence-corrected chi connectivity index (χ3v) is 2.22. The summed E-state index contributed by atoms with van der Waals surface area (Å²) in [6, 6.07) is 3.10. The Kier molecular flexibility index (Phi) is 3.30. The van der Waals surface area contributed by atoms with Crippen LogP contribution in [0.15, 0.2) is 12.1 Å². The molecule has 0 aliphatic heterocycles. The van der Waals surface area contributed by atoms with Crippen LogP contribution in [0, 0.1) is 5.82 Å². The standard InChI is InChI=1S/C10H14FNO2/c1-6(5-12)7-3-4-8(14-2)9(11)10(7)13/h3-4,6,13H,5,12H2,1-2H3. The van der Waals surface area contributed by atoms with Crippen molar-refractivity contribution in [2.75, 3.05) is 13.7 Å². The van der Waals surface area contributed by atoms with Crippen molar-refractivity contribution in [3.8, 4) is 11.5 Å². The second-order valence-electron chi connectivity index (χ2n) is 3.16. The highest BCUT2D eigenvalue weighted by molar-refractivity contribution is 5.43. The van der Waals surface area contributed by atoms with Crippen LogP contribution < -0.4 is 10.5 Å². The minimum absolute atomic E-state index is 0.0375. The monoisotopic (exact) mass is 199 g/mol. The number of phenols is 1. The Hall–Kier alpha value is -1.29. The molecule has 4 heteroatoms. The Morgan fingerprint density at radius 2 is 2.21 bits per heavy atom. The number of hydrogen-bond donors (Lipinski definition) is 2. The van der Waals surface area contributed by atoms with Gasteiger partial charge < -0.3 is 15.6 Å². The van der Waals surface area contributed by atoms with Crippen LogP contribution in [0.2, 0.25) is 0 Å². The highest BCUT2D eigenvalue weighted by Gasteiger charge is 2.16. The van der Waals surface area contributed by atoms with Gasteiger partial charge in [0.05, 0.1) is 7.11 Å². The van der Waals surface area contributed by atoms with E-state index >= 15 is 0 Å². The number of aromatic hydroxyl groups is 1. The van der Waals surface area contributed by atoms with E-state index in [2.05, 4.69) is 0 Å². The molecule has 0 radical (unpaired) electrons. The maximum absolute atomic E-state index is 13.3. The molecule has 0 aliphatic rings. The smallest absolute Gasteiger partial charge is 0.206 e. The molecule has 1 unspecified atom stereocenters. The molecule has 1 atom stereocenters. The maximum atomic E-state index is 13.3. The van der Waals surface area contributed by atoms with Gasteiger partial charge in [0.1, 0.15) is 0 Å². The summed E-state index contributed by atoms with van der Waals surface area (Å²) < 4.78 is 18.1. The SMILES string of the molecule is COc1ccc(C(C)CN)c(O)c1F. The molecule has 1 aromatic rings. The summed E-state index contributed by atoms with van der Waals surface area (Å²) in [5.74, 6) is -1.14. The molecule has 0 spiro atoms. The predicted octanol–water partition coefficient (Wildman–Crippen LogP) is 1.60. The summed E-state index contributed by atoms with van der Waals surface area (Å²) >= 11 is 0. The lowest BCUT2D eigenvalue weighted by molar-refractivity contribution is 0.361. The quantitative estimate of drug-likeness (QED) is 0.777. The van der Waals surface area contributed by atoms with E-state index in [1.807, 2.05) is 6.92 Å². The first-order valence-electron chi connectivity index (χ1n) is 4.37. The van der Waals surface area contributed by atoms with Crippen molar-refractivity contribution in [1.82, 2.24) is 0 Å². The normalized spacial score (nSPS) is 12.6. The number of ether oxygens (including phenoxy) is 1. The van der Waals surface area contributed by atoms with Gasteiger partial charge in [0.15, 0.2) is 11.5 Å². The molecule has 3 nitrogen and oxygen atoms in total. The molecule has 0 fully saturated rings. The van der Waals surface area contributed by atoms with Crippen molar-refractivity contribution in [3.05, 3.63) is 23.5 Å². The zero-order valence-electron chi connectivity index (χ0n) is 8.25. The van der Waals surface area contributed by atoms with Crippen LogP contribution >= 0.6 is 0 Å². The van der Waals surface area contributed by atoms with E-state index < -0.39 is 5.82 Å². The molecule has 0 bridgehead atoms. The molecule has 1 rings (SSSR count). The first kappa shape index (κ1) is 10.8. The topological polar surface area (TPSA) is 55.5 Å². The van der Waals surface area contributed by atoms with Crippen molar-refractivity contribution < 1.29 is 14.2 Å². The van der Waals surface area contributed by atoms with Gasteiger partial charge in [0, 0.05) is 5.56 Å². The van der Waals surface area contributed by atoms with Crippen molar-refractivity contribution >= 4 is 0 Å². The summed E-state index contributed by atoms with van der Waals surface area (Å²) in [4.78, 5) is 0. The Labute approximate surface area is 82.3 Å². The van der Waals surface area contributed by atoms with E-state index in [-0.39, 0.29) is 17.4 Å². The summed E-state index contributed by atoms with van der Waals surface area (Å²) in [5, 5.41) is 9.50. The molecule has 0 saturated carbocycles. The average molecular weight is 199 g/mol. The fraction of sp³-hybridized carbons (Fsp3) is 0.400. The Morgan fingerprint density at radius 1 is 1.57 bits per heavy atom. The molecule has 1 aromatic carbocycles. The van der Waals surface area contributed by atoms with Gasteiger partial charge in [-0.15, -0.1) is 0 Å². The average Bonchev–Trinajstić information content (AvgIpc) is 2.21. The second-order valence-corrected chi connectivity index (χ2v) is 3.16. The summed E-state index contributed by atoms with van der Waals surface area (Å²) in [5.41, 5.74) is 5.93. The van der Waals surface area contributed by atoms with E-state index in [0.29, 0.717) is 12.1 Å². The van der Waals surface area contributed by atoms with Crippen molar-refractivity contribution in [2.45, 2.75) is 12.8 Å². The molecule has 3 N–H and O–H groups in total. The largest absolute Gasteiger partial charge is 0.505 e. The Bertz CT molecular complexity index is 328. The number of benzene rings is 1. The van der Waals surface area contributed by atoms with Gasteiger partial charge in [-0.3, -0.25) is 0 Å². The number of rotatable bonds is 3. The predicted molar refractivity (Wildman–Crippen MR) is 52.1 cm³/mol. The fourth-order valence-corrected chi connectivity index (χ4v) is 1.24. The van der Waals surface area contributed by atoms with Crippen molar-refractivity contribution in [2.24, 2.45) is 5.73 Å². The lowest BCUT2D eigenvalue weighted by Gasteiger charge is -2.13. The van der Waals surface area contributed by atoms with Gasteiger partial charge in [-0.2, -0.15) is 4.39 Å². The first-order valence-corrected chi connectivity index (χ1v) is 4.37.